The second kappa shape index (κ2) is 5.67. The van der Waals surface area contributed by atoms with E-state index < -0.39 is 6.10 Å². The van der Waals surface area contributed by atoms with Gasteiger partial charge in [-0.05, 0) is 23.6 Å². The monoisotopic (exact) mass is 286 g/mol. The Kier molecular flexibility index (Phi) is 4.17. The second-order valence-corrected chi connectivity index (χ2v) is 4.85. The van der Waals surface area contributed by atoms with Crippen LogP contribution in [0, 0.1) is 5.92 Å². The number of halogens is 1. The van der Waals surface area contributed by atoms with Crippen LogP contribution in [0.4, 0.5) is 0 Å². The van der Waals surface area contributed by atoms with Gasteiger partial charge in [0.05, 0.1) is 24.7 Å². The van der Waals surface area contributed by atoms with Gasteiger partial charge in [0.25, 0.3) is 0 Å². The number of esters is 1. The lowest BCUT2D eigenvalue weighted by molar-refractivity contribution is -0.142. The van der Waals surface area contributed by atoms with E-state index >= 15 is 0 Å². The molecule has 104 valence electrons. The molecule has 2 rings (SSSR count). The fraction of sp³-hybridized carbons (Fsp3) is 0.462. The van der Waals surface area contributed by atoms with E-state index in [4.69, 9.17) is 21.1 Å². The zero-order chi connectivity index (χ0) is 14.0. The van der Waals surface area contributed by atoms with E-state index in [1.807, 2.05) is 0 Å². The second-order valence-electron chi connectivity index (χ2n) is 4.44. The number of hydrogen-bond donors (Lipinski definition) is 1. The van der Waals surface area contributed by atoms with E-state index in [2.05, 4.69) is 4.74 Å². The van der Waals surface area contributed by atoms with E-state index in [0.29, 0.717) is 22.1 Å². The van der Waals surface area contributed by atoms with Gasteiger partial charge in [0, 0.05) is 0 Å². The maximum Gasteiger partial charge on any atom is 0.305 e. The average molecular weight is 287 g/mol. The number of aliphatic hydroxyl groups is 1. The highest BCUT2D eigenvalue weighted by molar-refractivity contribution is 6.32. The Labute approximate surface area is 116 Å². The van der Waals surface area contributed by atoms with E-state index in [-0.39, 0.29) is 25.1 Å². The van der Waals surface area contributed by atoms with Crippen molar-refractivity contribution in [1.29, 1.82) is 0 Å². The first-order valence-corrected chi connectivity index (χ1v) is 6.24. The molecule has 6 heteroatoms. The summed E-state index contributed by atoms with van der Waals surface area (Å²) in [4.78, 5) is 11.2. The van der Waals surface area contributed by atoms with Crippen LogP contribution in [0.2, 0.25) is 5.02 Å². The SMILES string of the molecule is COC(=O)CC(C)C(O)c1cc(Cl)c2c(c1)OCO2. The summed E-state index contributed by atoms with van der Waals surface area (Å²) in [5.41, 5.74) is 0.589. The minimum absolute atomic E-state index is 0.117. The van der Waals surface area contributed by atoms with Gasteiger partial charge in [-0.15, -0.1) is 0 Å². The third kappa shape index (κ3) is 2.93. The molecule has 0 amide bonds. The first-order valence-electron chi connectivity index (χ1n) is 5.87. The largest absolute Gasteiger partial charge is 0.469 e. The molecule has 0 saturated carbocycles. The summed E-state index contributed by atoms with van der Waals surface area (Å²) in [6, 6.07) is 3.29. The number of rotatable bonds is 4. The van der Waals surface area contributed by atoms with Crippen LogP contribution in [0.25, 0.3) is 0 Å². The van der Waals surface area contributed by atoms with Crippen molar-refractivity contribution in [2.75, 3.05) is 13.9 Å². The van der Waals surface area contributed by atoms with Crippen LogP contribution in [-0.2, 0) is 9.53 Å². The molecule has 0 fully saturated rings. The Bertz CT molecular complexity index is 488. The summed E-state index contributed by atoms with van der Waals surface area (Å²) in [7, 11) is 1.32. The van der Waals surface area contributed by atoms with Gasteiger partial charge in [-0.25, -0.2) is 0 Å². The van der Waals surface area contributed by atoms with Crippen molar-refractivity contribution in [3.8, 4) is 11.5 Å². The minimum Gasteiger partial charge on any atom is -0.469 e. The molecule has 1 N–H and O–H groups in total. The molecule has 19 heavy (non-hydrogen) atoms. The Hall–Kier alpha value is -1.46. The summed E-state index contributed by atoms with van der Waals surface area (Å²) < 4.78 is 15.0. The number of aliphatic hydroxyl groups excluding tert-OH is 1. The van der Waals surface area contributed by atoms with Crippen LogP contribution in [0.5, 0.6) is 11.5 Å². The first-order chi connectivity index (χ1) is 9.02. The molecule has 2 unspecified atom stereocenters. The van der Waals surface area contributed by atoms with Crippen LogP contribution in [0.3, 0.4) is 0 Å². The third-order valence-corrected chi connectivity index (χ3v) is 3.33. The Morgan fingerprint density at radius 3 is 2.95 bits per heavy atom. The Morgan fingerprint density at radius 1 is 1.53 bits per heavy atom. The Balaban J connectivity index is 2.17. The molecule has 1 heterocycles. The molecule has 1 aromatic rings. The van der Waals surface area contributed by atoms with Gasteiger partial charge < -0.3 is 19.3 Å². The summed E-state index contributed by atoms with van der Waals surface area (Å²) in [6.45, 7) is 1.88. The number of hydrogen-bond acceptors (Lipinski definition) is 5. The molecule has 1 aliphatic heterocycles. The predicted octanol–water partition coefficient (Wildman–Crippen LogP) is 2.30. The summed E-state index contributed by atoms with van der Waals surface area (Å²) in [6.07, 6.45) is -0.699. The first kappa shape index (κ1) is 14.0. The molecule has 0 aliphatic carbocycles. The lowest BCUT2D eigenvalue weighted by Crippen LogP contribution is -2.15. The van der Waals surface area contributed by atoms with Gasteiger partial charge in [0.15, 0.2) is 11.5 Å². The van der Waals surface area contributed by atoms with Crippen LogP contribution < -0.4 is 9.47 Å². The number of carbonyl (C=O) groups is 1. The number of benzene rings is 1. The smallest absolute Gasteiger partial charge is 0.305 e. The third-order valence-electron chi connectivity index (χ3n) is 3.05. The fourth-order valence-electron chi connectivity index (χ4n) is 1.94. The van der Waals surface area contributed by atoms with Gasteiger partial charge in [-0.1, -0.05) is 18.5 Å². The minimum atomic E-state index is -0.828. The van der Waals surface area contributed by atoms with Crippen molar-refractivity contribution in [3.05, 3.63) is 22.7 Å². The van der Waals surface area contributed by atoms with E-state index in [0.717, 1.165) is 0 Å². The molecule has 1 aliphatic rings. The molecule has 0 spiro atoms. The Morgan fingerprint density at radius 2 is 2.26 bits per heavy atom. The number of carbonyl (C=O) groups excluding carboxylic acids is 1. The van der Waals surface area contributed by atoms with Gasteiger partial charge in [0.1, 0.15) is 0 Å². The number of methoxy groups -OCH3 is 1. The van der Waals surface area contributed by atoms with Crippen molar-refractivity contribution >= 4 is 17.6 Å². The summed E-state index contributed by atoms with van der Waals surface area (Å²) >= 11 is 6.05. The molecule has 0 aromatic heterocycles. The highest BCUT2D eigenvalue weighted by Gasteiger charge is 2.24. The quantitative estimate of drug-likeness (QED) is 0.861. The molecular formula is C13H15ClO5. The van der Waals surface area contributed by atoms with Gasteiger partial charge >= 0.3 is 5.97 Å². The summed E-state index contributed by atoms with van der Waals surface area (Å²) in [5.74, 6) is 0.340. The predicted molar refractivity (Wildman–Crippen MR) is 68.3 cm³/mol. The number of fused-ring (bicyclic) bond motifs is 1. The van der Waals surface area contributed by atoms with Crippen LogP contribution in [0.1, 0.15) is 25.0 Å². The average Bonchev–Trinajstić information content (AvgIpc) is 2.86. The standard InChI is InChI=1S/C13H15ClO5/c1-7(3-11(15)17-2)12(16)8-4-9(14)13-10(5-8)18-6-19-13/h4-5,7,12,16H,3,6H2,1-2H3. The topological polar surface area (TPSA) is 65.0 Å². The van der Waals surface area contributed by atoms with Crippen molar-refractivity contribution < 1.29 is 24.1 Å². The molecule has 1 aromatic carbocycles. The van der Waals surface area contributed by atoms with Gasteiger partial charge in [-0.2, -0.15) is 0 Å². The van der Waals surface area contributed by atoms with Crippen molar-refractivity contribution in [3.63, 3.8) is 0 Å². The number of ether oxygens (including phenoxy) is 3. The van der Waals surface area contributed by atoms with Crippen molar-refractivity contribution in [2.45, 2.75) is 19.4 Å². The van der Waals surface area contributed by atoms with Gasteiger partial charge in [0.2, 0.25) is 6.79 Å². The highest BCUT2D eigenvalue weighted by Crippen LogP contribution is 2.42. The van der Waals surface area contributed by atoms with E-state index in [1.54, 1.807) is 19.1 Å². The lowest BCUT2D eigenvalue weighted by atomic mass is 9.94. The van der Waals surface area contributed by atoms with Gasteiger partial charge in [-0.3, -0.25) is 4.79 Å². The van der Waals surface area contributed by atoms with Crippen molar-refractivity contribution in [2.24, 2.45) is 5.92 Å². The van der Waals surface area contributed by atoms with Crippen molar-refractivity contribution in [1.82, 2.24) is 0 Å². The molecule has 0 bridgehead atoms. The lowest BCUT2D eigenvalue weighted by Gasteiger charge is -2.18. The fourth-order valence-corrected chi connectivity index (χ4v) is 2.22. The normalized spacial score (nSPS) is 16.0. The zero-order valence-corrected chi connectivity index (χ0v) is 11.4. The maximum absolute atomic E-state index is 11.2. The van der Waals surface area contributed by atoms with Crippen LogP contribution in [0.15, 0.2) is 12.1 Å². The van der Waals surface area contributed by atoms with E-state index in [1.165, 1.54) is 7.11 Å². The van der Waals surface area contributed by atoms with Crippen LogP contribution >= 0.6 is 11.6 Å². The van der Waals surface area contributed by atoms with E-state index in [9.17, 15) is 9.90 Å². The summed E-state index contributed by atoms with van der Waals surface area (Å²) in [5, 5.41) is 10.6. The highest BCUT2D eigenvalue weighted by atomic mass is 35.5. The zero-order valence-electron chi connectivity index (χ0n) is 10.7. The van der Waals surface area contributed by atoms with Crippen LogP contribution in [-0.4, -0.2) is 25.0 Å². The molecule has 2 atom stereocenters. The molecule has 0 saturated heterocycles. The molecule has 5 nitrogen and oxygen atoms in total. The maximum atomic E-state index is 11.2. The molecule has 0 radical (unpaired) electrons. The molecular weight excluding hydrogens is 272 g/mol.